The van der Waals surface area contributed by atoms with Crippen LogP contribution in [0.1, 0.15) is 0 Å². The highest BCUT2D eigenvalue weighted by Crippen LogP contribution is 2.25. The monoisotopic (exact) mass is 307 g/mol. The third kappa shape index (κ3) is 3.91. The van der Waals surface area contributed by atoms with Crippen LogP contribution in [0.3, 0.4) is 0 Å². The maximum Gasteiger partial charge on any atom is 0.250 e. The van der Waals surface area contributed by atoms with Crippen LogP contribution >= 0.6 is 22.9 Å². The van der Waals surface area contributed by atoms with Crippen LogP contribution in [-0.2, 0) is 9.59 Å². The number of carboxylic acid groups (broad SMARTS) is 1. The number of nitrogens with one attached hydrogen (secondary N) is 1. The molecule has 102 valence electrons. The number of anilines is 1. The van der Waals surface area contributed by atoms with Gasteiger partial charge in [0.05, 0.1) is 11.7 Å². The van der Waals surface area contributed by atoms with Crippen molar-refractivity contribution < 1.29 is 14.7 Å². The number of nitrogens with zero attached hydrogens (tertiary/aromatic N) is 1. The van der Waals surface area contributed by atoms with Crippen molar-refractivity contribution in [3.63, 3.8) is 0 Å². The van der Waals surface area contributed by atoms with E-state index in [9.17, 15) is 14.7 Å². The van der Waals surface area contributed by atoms with Crippen molar-refractivity contribution in [1.82, 2.24) is 4.98 Å². The number of halogens is 1. The molecule has 1 aromatic heterocycles. The molecule has 2 rings (SSSR count). The predicted molar refractivity (Wildman–Crippen MR) is 75.3 cm³/mol. The summed E-state index contributed by atoms with van der Waals surface area (Å²) in [5.74, 6) is -2.01. The lowest BCUT2D eigenvalue weighted by atomic mass is 10.2. The third-order valence-corrected chi connectivity index (χ3v) is 3.25. The van der Waals surface area contributed by atoms with Crippen LogP contribution < -0.4 is 10.4 Å². The molecule has 0 saturated heterocycles. The summed E-state index contributed by atoms with van der Waals surface area (Å²) >= 11 is 7.04. The van der Waals surface area contributed by atoms with E-state index in [4.69, 9.17) is 11.6 Å². The second-order valence-corrected chi connectivity index (χ2v) is 4.98. The van der Waals surface area contributed by atoms with E-state index in [0.717, 1.165) is 11.6 Å². The number of thiazole rings is 1. The molecule has 0 saturated carbocycles. The normalized spacial score (nSPS) is 10.7. The first kappa shape index (κ1) is 14.2. The summed E-state index contributed by atoms with van der Waals surface area (Å²) in [6.07, 6.45) is 1.53. The molecule has 1 amide bonds. The van der Waals surface area contributed by atoms with Gasteiger partial charge in [-0.1, -0.05) is 23.7 Å². The SMILES string of the molecule is O=C([O-])C=CC(=O)Nc1nc(-c2ccc(Cl)cc2)cs1. The number of aliphatic carboxylic acids is 1. The fourth-order valence-corrected chi connectivity index (χ4v) is 2.22. The minimum absolute atomic E-state index is 0.378. The Morgan fingerprint density at radius 2 is 1.95 bits per heavy atom. The van der Waals surface area contributed by atoms with Gasteiger partial charge in [-0.15, -0.1) is 11.3 Å². The Balaban J connectivity index is 2.07. The molecule has 2 aromatic rings. The van der Waals surface area contributed by atoms with Crippen LogP contribution in [0.15, 0.2) is 41.8 Å². The Morgan fingerprint density at radius 1 is 1.25 bits per heavy atom. The Morgan fingerprint density at radius 3 is 2.60 bits per heavy atom. The average molecular weight is 308 g/mol. The van der Waals surface area contributed by atoms with Crippen molar-refractivity contribution in [2.75, 3.05) is 5.32 Å². The largest absolute Gasteiger partial charge is 0.545 e. The van der Waals surface area contributed by atoms with Crippen molar-refractivity contribution >= 4 is 39.9 Å². The van der Waals surface area contributed by atoms with Gasteiger partial charge in [-0.25, -0.2) is 4.98 Å². The number of hydrogen-bond acceptors (Lipinski definition) is 5. The number of benzene rings is 1. The zero-order valence-corrected chi connectivity index (χ0v) is 11.6. The summed E-state index contributed by atoms with van der Waals surface area (Å²) < 4.78 is 0. The van der Waals surface area contributed by atoms with E-state index in [1.165, 1.54) is 11.3 Å². The van der Waals surface area contributed by atoms with Gasteiger partial charge >= 0.3 is 0 Å². The molecule has 1 aromatic carbocycles. The zero-order chi connectivity index (χ0) is 14.5. The molecular weight excluding hydrogens is 300 g/mol. The molecule has 0 aliphatic rings. The smallest absolute Gasteiger partial charge is 0.250 e. The van der Waals surface area contributed by atoms with Crippen LogP contribution in [-0.4, -0.2) is 16.9 Å². The van der Waals surface area contributed by atoms with Gasteiger partial charge < -0.3 is 9.90 Å². The second kappa shape index (κ2) is 6.31. The first-order valence-electron chi connectivity index (χ1n) is 5.46. The second-order valence-electron chi connectivity index (χ2n) is 3.69. The molecule has 1 N–H and O–H groups in total. The fraction of sp³-hybridized carbons (Fsp3) is 0. The van der Waals surface area contributed by atoms with Gasteiger partial charge in [0.15, 0.2) is 5.13 Å². The van der Waals surface area contributed by atoms with Crippen LogP contribution in [0.5, 0.6) is 0 Å². The summed E-state index contributed by atoms with van der Waals surface area (Å²) in [7, 11) is 0. The van der Waals surface area contributed by atoms with E-state index >= 15 is 0 Å². The average Bonchev–Trinajstić information content (AvgIpc) is 2.85. The van der Waals surface area contributed by atoms with E-state index in [2.05, 4.69) is 10.3 Å². The highest BCUT2D eigenvalue weighted by Gasteiger charge is 2.06. The standard InChI is InChI=1S/C13H9ClN2O3S/c14-9-3-1-8(2-4-9)10-7-20-13(15-10)16-11(17)5-6-12(18)19/h1-7H,(H,18,19)(H,15,16,17)/p-1. The lowest BCUT2D eigenvalue weighted by molar-refractivity contribution is -0.297. The molecule has 0 fully saturated rings. The fourth-order valence-electron chi connectivity index (χ4n) is 1.38. The Hall–Kier alpha value is -2.18. The van der Waals surface area contributed by atoms with Gasteiger partial charge in [-0.05, 0) is 18.2 Å². The Bertz CT molecular complexity index is 665. The van der Waals surface area contributed by atoms with E-state index in [-0.39, 0.29) is 0 Å². The topological polar surface area (TPSA) is 82.1 Å². The van der Waals surface area contributed by atoms with Crippen molar-refractivity contribution in [3.05, 3.63) is 46.8 Å². The lowest BCUT2D eigenvalue weighted by Gasteiger charge is -1.97. The minimum atomic E-state index is -1.43. The highest BCUT2D eigenvalue weighted by molar-refractivity contribution is 7.14. The van der Waals surface area contributed by atoms with Crippen LogP contribution in [0, 0.1) is 0 Å². The van der Waals surface area contributed by atoms with Crippen molar-refractivity contribution in [3.8, 4) is 11.3 Å². The van der Waals surface area contributed by atoms with E-state index in [0.29, 0.717) is 21.9 Å². The lowest BCUT2D eigenvalue weighted by Crippen LogP contribution is -2.20. The molecule has 20 heavy (non-hydrogen) atoms. The van der Waals surface area contributed by atoms with Crippen LogP contribution in [0.2, 0.25) is 5.02 Å². The number of carbonyl (C=O) groups excluding carboxylic acids is 2. The summed E-state index contributed by atoms with van der Waals surface area (Å²) in [6, 6.07) is 7.13. The number of carboxylic acids is 1. The van der Waals surface area contributed by atoms with Gasteiger partial charge in [-0.3, -0.25) is 10.1 Å². The van der Waals surface area contributed by atoms with Gasteiger partial charge in [0.2, 0.25) is 5.91 Å². The highest BCUT2D eigenvalue weighted by atomic mass is 35.5. The summed E-state index contributed by atoms with van der Waals surface area (Å²) in [6.45, 7) is 0. The third-order valence-electron chi connectivity index (χ3n) is 2.25. The first-order valence-corrected chi connectivity index (χ1v) is 6.72. The van der Waals surface area contributed by atoms with E-state index < -0.39 is 11.9 Å². The predicted octanol–water partition coefficient (Wildman–Crippen LogP) is 1.71. The number of amides is 1. The van der Waals surface area contributed by atoms with Crippen molar-refractivity contribution in [2.45, 2.75) is 0 Å². The summed E-state index contributed by atoms with van der Waals surface area (Å²) in [5.41, 5.74) is 1.57. The number of rotatable bonds is 4. The zero-order valence-electron chi connectivity index (χ0n) is 10.00. The maximum absolute atomic E-state index is 11.4. The Labute approximate surface area is 123 Å². The molecule has 0 atom stereocenters. The van der Waals surface area contributed by atoms with Gasteiger partial charge in [0.25, 0.3) is 0 Å². The van der Waals surface area contributed by atoms with Crippen molar-refractivity contribution in [1.29, 1.82) is 0 Å². The molecule has 1 heterocycles. The number of hydrogen-bond donors (Lipinski definition) is 1. The molecule has 0 aliphatic heterocycles. The molecule has 7 heteroatoms. The molecule has 5 nitrogen and oxygen atoms in total. The van der Waals surface area contributed by atoms with Gasteiger partial charge in [-0.2, -0.15) is 0 Å². The van der Waals surface area contributed by atoms with Gasteiger partial charge in [0.1, 0.15) is 0 Å². The molecular formula is C13H8ClN2O3S-. The first-order chi connectivity index (χ1) is 9.54. The van der Waals surface area contributed by atoms with Crippen LogP contribution in [0.4, 0.5) is 5.13 Å². The molecule has 0 radical (unpaired) electrons. The summed E-state index contributed by atoms with van der Waals surface area (Å²) in [5, 5.41) is 15.4. The Kier molecular flexibility index (Phi) is 4.49. The van der Waals surface area contributed by atoms with Gasteiger partial charge in [0, 0.05) is 22.0 Å². The number of carbonyl (C=O) groups is 2. The molecule has 0 spiro atoms. The van der Waals surface area contributed by atoms with E-state index in [1.807, 2.05) is 12.1 Å². The molecule has 0 unspecified atom stereocenters. The van der Waals surface area contributed by atoms with Crippen LogP contribution in [0.25, 0.3) is 11.3 Å². The maximum atomic E-state index is 11.4. The minimum Gasteiger partial charge on any atom is -0.545 e. The van der Waals surface area contributed by atoms with Crippen molar-refractivity contribution in [2.24, 2.45) is 0 Å². The number of aromatic nitrogens is 1. The summed E-state index contributed by atoms with van der Waals surface area (Å²) in [4.78, 5) is 25.8. The van der Waals surface area contributed by atoms with E-state index in [1.54, 1.807) is 17.5 Å². The quantitative estimate of drug-likeness (QED) is 0.872. The molecule has 0 bridgehead atoms. The molecule has 0 aliphatic carbocycles.